The number of sulfone groups is 1. The number of benzene rings is 1. The Morgan fingerprint density at radius 1 is 1.29 bits per heavy atom. The lowest BCUT2D eigenvalue weighted by Crippen LogP contribution is -2.16. The molecule has 3 nitrogen and oxygen atoms in total. The van der Waals surface area contributed by atoms with Crippen LogP contribution in [-0.2, 0) is 9.84 Å². The zero-order valence-electron chi connectivity index (χ0n) is 7.47. The molecule has 0 radical (unpaired) electrons. The number of aliphatic hydroxyl groups is 1. The molecule has 1 aromatic rings. The lowest BCUT2D eigenvalue weighted by Gasteiger charge is -2.15. The van der Waals surface area contributed by atoms with E-state index in [0.717, 1.165) is 0 Å². The summed E-state index contributed by atoms with van der Waals surface area (Å²) in [5.41, 5.74) is 1.21. The van der Waals surface area contributed by atoms with Gasteiger partial charge in [-0.3, -0.25) is 0 Å². The Morgan fingerprint density at radius 2 is 2.00 bits per heavy atom. The predicted molar refractivity (Wildman–Crippen MR) is 53.6 cm³/mol. The summed E-state index contributed by atoms with van der Waals surface area (Å²) in [7, 11) is -3.23. The maximum Gasteiger partial charge on any atom is 0.182 e. The van der Waals surface area contributed by atoms with Gasteiger partial charge in [-0.25, -0.2) is 8.42 Å². The lowest BCUT2D eigenvalue weighted by molar-refractivity contribution is 0.332. The van der Waals surface area contributed by atoms with Crippen LogP contribution in [0.25, 0.3) is 6.08 Å². The van der Waals surface area contributed by atoms with Crippen molar-refractivity contribution in [2.45, 2.75) is 4.90 Å². The van der Waals surface area contributed by atoms with E-state index in [9.17, 15) is 8.42 Å². The number of fused-ring (bicyclic) bond motifs is 1. The molecule has 1 heterocycles. The molecule has 2 rings (SSSR count). The van der Waals surface area contributed by atoms with E-state index in [0.29, 0.717) is 16.0 Å². The van der Waals surface area contributed by atoms with E-state index in [1.807, 2.05) is 0 Å². The van der Waals surface area contributed by atoms with Gasteiger partial charge in [-0.15, -0.1) is 0 Å². The monoisotopic (exact) mass is 210 g/mol. The van der Waals surface area contributed by atoms with Crippen molar-refractivity contribution in [2.75, 3.05) is 12.4 Å². The van der Waals surface area contributed by atoms with Crippen LogP contribution in [0.3, 0.4) is 0 Å². The predicted octanol–water partition coefficient (Wildman–Crippen LogP) is 0.850. The molecule has 0 unspecified atom stereocenters. The van der Waals surface area contributed by atoms with Gasteiger partial charge in [-0.05, 0) is 17.2 Å². The van der Waals surface area contributed by atoms with Crippen LogP contribution in [-0.4, -0.2) is 25.9 Å². The molecule has 0 amide bonds. The molecular weight excluding hydrogens is 200 g/mol. The summed E-state index contributed by atoms with van der Waals surface area (Å²) < 4.78 is 23.4. The molecule has 0 atom stereocenters. The standard InChI is InChI=1S/C10H10O3S/c11-6-8-5-9-3-1-2-4-10(9)14(12,13)7-8/h1-5,11H,6-7H2. The van der Waals surface area contributed by atoms with Crippen LogP contribution >= 0.6 is 0 Å². The number of aliphatic hydroxyl groups excluding tert-OH is 1. The van der Waals surface area contributed by atoms with Crippen molar-refractivity contribution in [1.29, 1.82) is 0 Å². The molecule has 0 fully saturated rings. The minimum atomic E-state index is -3.23. The molecule has 0 saturated carbocycles. The smallest absolute Gasteiger partial charge is 0.182 e. The largest absolute Gasteiger partial charge is 0.392 e. The highest BCUT2D eigenvalue weighted by Gasteiger charge is 2.23. The molecule has 4 heteroatoms. The van der Waals surface area contributed by atoms with Gasteiger partial charge in [0.1, 0.15) is 0 Å². The lowest BCUT2D eigenvalue weighted by atomic mass is 10.1. The topological polar surface area (TPSA) is 54.4 Å². The van der Waals surface area contributed by atoms with E-state index in [4.69, 9.17) is 5.11 Å². The first-order valence-corrected chi connectivity index (χ1v) is 5.91. The molecule has 1 N–H and O–H groups in total. The third kappa shape index (κ3) is 1.47. The number of rotatable bonds is 1. The van der Waals surface area contributed by atoms with Crippen LogP contribution in [0.4, 0.5) is 0 Å². The van der Waals surface area contributed by atoms with Gasteiger partial charge >= 0.3 is 0 Å². The van der Waals surface area contributed by atoms with E-state index in [-0.39, 0.29) is 12.4 Å². The SMILES string of the molecule is O=S1(=O)CC(CO)=Cc2ccccc21. The Kier molecular flexibility index (Phi) is 2.17. The van der Waals surface area contributed by atoms with Crippen LogP contribution in [0.5, 0.6) is 0 Å². The van der Waals surface area contributed by atoms with Crippen LogP contribution < -0.4 is 0 Å². The van der Waals surface area contributed by atoms with Crippen molar-refractivity contribution < 1.29 is 13.5 Å². The molecule has 0 bridgehead atoms. The molecule has 1 aliphatic heterocycles. The quantitative estimate of drug-likeness (QED) is 0.747. The Labute approximate surface area is 82.6 Å². The molecule has 0 aromatic heterocycles. The van der Waals surface area contributed by atoms with Gasteiger partial charge in [-0.1, -0.05) is 24.3 Å². The molecule has 0 saturated heterocycles. The first kappa shape index (κ1) is 9.43. The highest BCUT2D eigenvalue weighted by molar-refractivity contribution is 7.91. The zero-order valence-corrected chi connectivity index (χ0v) is 8.29. The second kappa shape index (κ2) is 3.22. The maximum atomic E-state index is 11.7. The van der Waals surface area contributed by atoms with Crippen molar-refractivity contribution in [2.24, 2.45) is 0 Å². The molecule has 0 spiro atoms. The fourth-order valence-corrected chi connectivity index (χ4v) is 3.15. The van der Waals surface area contributed by atoms with Crippen molar-refractivity contribution >= 4 is 15.9 Å². The Bertz CT molecular complexity index is 486. The van der Waals surface area contributed by atoms with E-state index < -0.39 is 9.84 Å². The maximum absolute atomic E-state index is 11.7. The summed E-state index contributed by atoms with van der Waals surface area (Å²) in [6.07, 6.45) is 1.73. The summed E-state index contributed by atoms with van der Waals surface area (Å²) >= 11 is 0. The number of hydrogen-bond donors (Lipinski definition) is 1. The molecule has 14 heavy (non-hydrogen) atoms. The fraction of sp³-hybridized carbons (Fsp3) is 0.200. The Morgan fingerprint density at radius 3 is 2.71 bits per heavy atom. The third-order valence-electron chi connectivity index (χ3n) is 2.19. The van der Waals surface area contributed by atoms with Gasteiger partial charge in [0.25, 0.3) is 0 Å². The zero-order chi connectivity index (χ0) is 10.2. The van der Waals surface area contributed by atoms with E-state index in [2.05, 4.69) is 0 Å². The molecular formula is C10H10O3S. The Balaban J connectivity index is 2.67. The van der Waals surface area contributed by atoms with Gasteiger partial charge in [-0.2, -0.15) is 0 Å². The van der Waals surface area contributed by atoms with Crippen LogP contribution in [0.1, 0.15) is 5.56 Å². The third-order valence-corrected chi connectivity index (χ3v) is 3.98. The first-order valence-electron chi connectivity index (χ1n) is 4.25. The first-order chi connectivity index (χ1) is 6.63. The fourth-order valence-electron chi connectivity index (χ4n) is 1.56. The highest BCUT2D eigenvalue weighted by atomic mass is 32.2. The molecule has 1 aromatic carbocycles. The van der Waals surface area contributed by atoms with Crippen LogP contribution in [0.2, 0.25) is 0 Å². The van der Waals surface area contributed by atoms with Crippen LogP contribution in [0.15, 0.2) is 34.7 Å². The van der Waals surface area contributed by atoms with Crippen molar-refractivity contribution in [3.05, 3.63) is 35.4 Å². The summed E-state index contributed by atoms with van der Waals surface area (Å²) in [5.74, 6) is -0.0689. The average Bonchev–Trinajstić information content (AvgIpc) is 2.17. The van der Waals surface area contributed by atoms with Crippen molar-refractivity contribution in [3.8, 4) is 0 Å². The Hall–Kier alpha value is -1.13. The van der Waals surface area contributed by atoms with Gasteiger partial charge < -0.3 is 5.11 Å². The summed E-state index contributed by atoms with van der Waals surface area (Å²) in [4.78, 5) is 0.359. The average molecular weight is 210 g/mol. The summed E-state index contributed by atoms with van der Waals surface area (Å²) in [6, 6.07) is 6.82. The highest BCUT2D eigenvalue weighted by Crippen LogP contribution is 2.26. The molecule has 1 aliphatic rings. The van der Waals surface area contributed by atoms with Gasteiger partial charge in [0, 0.05) is 0 Å². The van der Waals surface area contributed by atoms with Crippen molar-refractivity contribution in [1.82, 2.24) is 0 Å². The normalized spacial score (nSPS) is 18.5. The minimum absolute atomic E-state index is 0.0689. The minimum Gasteiger partial charge on any atom is -0.392 e. The van der Waals surface area contributed by atoms with E-state index in [1.54, 1.807) is 30.3 Å². The van der Waals surface area contributed by atoms with Crippen LogP contribution in [0, 0.1) is 0 Å². The van der Waals surface area contributed by atoms with Gasteiger partial charge in [0.05, 0.1) is 17.3 Å². The summed E-state index contributed by atoms with van der Waals surface area (Å²) in [5, 5.41) is 8.92. The second-order valence-corrected chi connectivity index (χ2v) is 5.22. The van der Waals surface area contributed by atoms with Gasteiger partial charge in [0.15, 0.2) is 9.84 Å². The van der Waals surface area contributed by atoms with Crippen molar-refractivity contribution in [3.63, 3.8) is 0 Å². The van der Waals surface area contributed by atoms with E-state index >= 15 is 0 Å². The molecule has 74 valence electrons. The number of hydrogen-bond acceptors (Lipinski definition) is 3. The second-order valence-electron chi connectivity index (χ2n) is 3.26. The molecule has 0 aliphatic carbocycles. The summed E-state index contributed by atoms with van der Waals surface area (Å²) in [6.45, 7) is -0.201. The van der Waals surface area contributed by atoms with Gasteiger partial charge in [0.2, 0.25) is 0 Å². The van der Waals surface area contributed by atoms with E-state index in [1.165, 1.54) is 0 Å².